The second-order valence-corrected chi connectivity index (χ2v) is 7.69. The molecule has 0 aliphatic heterocycles. The van der Waals surface area contributed by atoms with Crippen LogP contribution in [0.5, 0.6) is 17.2 Å². The van der Waals surface area contributed by atoms with E-state index in [2.05, 4.69) is 26.5 Å². The number of benzene rings is 3. The average Bonchev–Trinajstić information content (AvgIpc) is 2.80. The van der Waals surface area contributed by atoms with Crippen molar-refractivity contribution in [2.45, 2.75) is 0 Å². The molecule has 0 aliphatic carbocycles. The summed E-state index contributed by atoms with van der Waals surface area (Å²) < 4.78 is 17.0. The van der Waals surface area contributed by atoms with Crippen LogP contribution in [-0.2, 0) is 4.79 Å². The van der Waals surface area contributed by atoms with Gasteiger partial charge in [0.15, 0.2) is 18.1 Å². The molecule has 0 saturated heterocycles. The standard InChI is InChI=1S/C23H18BrClN2O5/c1-30-21-12-15(2-11-20(21)32-23(29)16-3-7-18(25)8-4-16)13-26-27-22(28)14-31-19-9-5-17(24)6-10-19/h2-13H,14H2,1H3,(H,27,28)/b26-13-. The molecule has 0 fully saturated rings. The summed E-state index contributed by atoms with van der Waals surface area (Å²) in [6, 6.07) is 18.3. The van der Waals surface area contributed by atoms with Crippen molar-refractivity contribution in [3.8, 4) is 17.2 Å². The lowest BCUT2D eigenvalue weighted by molar-refractivity contribution is -0.123. The van der Waals surface area contributed by atoms with E-state index in [0.29, 0.717) is 27.6 Å². The van der Waals surface area contributed by atoms with Gasteiger partial charge in [-0.2, -0.15) is 5.10 Å². The van der Waals surface area contributed by atoms with E-state index in [0.717, 1.165) is 4.47 Å². The molecule has 32 heavy (non-hydrogen) atoms. The summed E-state index contributed by atoms with van der Waals surface area (Å²) in [5.74, 6) is 0.197. The largest absolute Gasteiger partial charge is 0.493 e. The Hall–Kier alpha value is -3.36. The molecule has 0 heterocycles. The van der Waals surface area contributed by atoms with Gasteiger partial charge in [0.1, 0.15) is 5.75 Å². The van der Waals surface area contributed by atoms with E-state index >= 15 is 0 Å². The number of esters is 1. The lowest BCUT2D eigenvalue weighted by Crippen LogP contribution is -2.24. The molecule has 0 unspecified atom stereocenters. The molecule has 3 rings (SSSR count). The van der Waals surface area contributed by atoms with Gasteiger partial charge in [-0.3, -0.25) is 4.79 Å². The summed E-state index contributed by atoms with van der Waals surface area (Å²) in [4.78, 5) is 24.2. The lowest BCUT2D eigenvalue weighted by Gasteiger charge is -2.10. The van der Waals surface area contributed by atoms with Crippen LogP contribution in [0.4, 0.5) is 0 Å². The van der Waals surface area contributed by atoms with Crippen LogP contribution in [0.3, 0.4) is 0 Å². The molecule has 0 atom stereocenters. The molecule has 0 aromatic heterocycles. The Kier molecular flexibility index (Phi) is 8.24. The minimum atomic E-state index is -0.542. The van der Waals surface area contributed by atoms with E-state index in [1.165, 1.54) is 13.3 Å². The Labute approximate surface area is 198 Å². The first-order valence-electron chi connectivity index (χ1n) is 9.30. The zero-order valence-corrected chi connectivity index (χ0v) is 19.2. The van der Waals surface area contributed by atoms with Crippen LogP contribution >= 0.6 is 27.5 Å². The highest BCUT2D eigenvalue weighted by Gasteiger charge is 2.13. The van der Waals surface area contributed by atoms with Crippen molar-refractivity contribution in [1.29, 1.82) is 0 Å². The SMILES string of the molecule is COc1cc(/C=N\NC(=O)COc2ccc(Br)cc2)ccc1OC(=O)c1ccc(Cl)cc1. The van der Waals surface area contributed by atoms with E-state index in [1.807, 2.05) is 12.1 Å². The molecule has 0 bridgehead atoms. The molecule has 7 nitrogen and oxygen atoms in total. The third kappa shape index (κ3) is 6.83. The van der Waals surface area contributed by atoms with Crippen LogP contribution in [0, 0.1) is 0 Å². The van der Waals surface area contributed by atoms with Gasteiger partial charge in [-0.05, 0) is 72.3 Å². The number of hydrogen-bond donors (Lipinski definition) is 1. The molecule has 0 radical (unpaired) electrons. The van der Waals surface area contributed by atoms with Crippen molar-refractivity contribution >= 4 is 45.6 Å². The van der Waals surface area contributed by atoms with Gasteiger partial charge in [0.05, 0.1) is 18.9 Å². The van der Waals surface area contributed by atoms with E-state index in [9.17, 15) is 9.59 Å². The van der Waals surface area contributed by atoms with Gasteiger partial charge in [0, 0.05) is 9.50 Å². The Balaban J connectivity index is 1.55. The summed E-state index contributed by atoms with van der Waals surface area (Å²) >= 11 is 9.16. The molecule has 164 valence electrons. The fourth-order valence-electron chi connectivity index (χ4n) is 2.48. The van der Waals surface area contributed by atoms with Crippen LogP contribution in [-0.4, -0.2) is 31.8 Å². The zero-order valence-electron chi connectivity index (χ0n) is 16.9. The van der Waals surface area contributed by atoms with Gasteiger partial charge in [0.25, 0.3) is 5.91 Å². The zero-order chi connectivity index (χ0) is 22.9. The maximum absolute atomic E-state index is 12.3. The highest BCUT2D eigenvalue weighted by Crippen LogP contribution is 2.28. The van der Waals surface area contributed by atoms with Crippen molar-refractivity contribution in [1.82, 2.24) is 5.43 Å². The molecular formula is C23H18BrClN2O5. The van der Waals surface area contributed by atoms with E-state index in [4.69, 9.17) is 25.8 Å². The molecule has 1 amide bonds. The number of methoxy groups -OCH3 is 1. The Morgan fingerprint density at radius 3 is 2.44 bits per heavy atom. The molecule has 1 N–H and O–H groups in total. The predicted molar refractivity (Wildman–Crippen MR) is 125 cm³/mol. The minimum Gasteiger partial charge on any atom is -0.493 e. The first-order chi connectivity index (χ1) is 15.4. The number of nitrogens with zero attached hydrogens (tertiary/aromatic N) is 1. The second-order valence-electron chi connectivity index (χ2n) is 6.34. The van der Waals surface area contributed by atoms with E-state index in [1.54, 1.807) is 54.6 Å². The highest BCUT2D eigenvalue weighted by atomic mass is 79.9. The van der Waals surface area contributed by atoms with Gasteiger partial charge in [0.2, 0.25) is 0 Å². The van der Waals surface area contributed by atoms with Crippen LogP contribution in [0.2, 0.25) is 5.02 Å². The molecule has 0 aliphatic rings. The quantitative estimate of drug-likeness (QED) is 0.200. The molecule has 0 spiro atoms. The monoisotopic (exact) mass is 516 g/mol. The summed E-state index contributed by atoms with van der Waals surface area (Å²) in [5.41, 5.74) is 3.37. The van der Waals surface area contributed by atoms with Crippen molar-refractivity contribution in [3.05, 3.63) is 87.4 Å². The number of amides is 1. The maximum atomic E-state index is 12.3. The fraction of sp³-hybridized carbons (Fsp3) is 0.0870. The van der Waals surface area contributed by atoms with Crippen LogP contribution in [0.25, 0.3) is 0 Å². The predicted octanol–water partition coefficient (Wildman–Crippen LogP) is 4.86. The number of hydrazone groups is 1. The van der Waals surface area contributed by atoms with E-state index in [-0.39, 0.29) is 12.4 Å². The first-order valence-corrected chi connectivity index (χ1v) is 10.5. The number of carbonyl (C=O) groups excluding carboxylic acids is 2. The van der Waals surface area contributed by atoms with Gasteiger partial charge in [-0.1, -0.05) is 27.5 Å². The van der Waals surface area contributed by atoms with Gasteiger partial charge >= 0.3 is 5.97 Å². The van der Waals surface area contributed by atoms with Crippen molar-refractivity contribution < 1.29 is 23.8 Å². The Bertz CT molecular complexity index is 1120. The smallest absolute Gasteiger partial charge is 0.343 e. The summed E-state index contributed by atoms with van der Waals surface area (Å²) in [6.07, 6.45) is 1.44. The number of carbonyl (C=O) groups is 2. The minimum absolute atomic E-state index is 0.179. The lowest BCUT2D eigenvalue weighted by atomic mass is 10.2. The van der Waals surface area contributed by atoms with Crippen molar-refractivity contribution in [3.63, 3.8) is 0 Å². The van der Waals surface area contributed by atoms with Gasteiger partial charge < -0.3 is 14.2 Å². The summed E-state index contributed by atoms with van der Waals surface area (Å²) in [6.45, 7) is -0.179. The van der Waals surface area contributed by atoms with Crippen LogP contribution < -0.4 is 19.6 Å². The normalized spacial score (nSPS) is 10.6. The summed E-state index contributed by atoms with van der Waals surface area (Å²) in [7, 11) is 1.46. The van der Waals surface area contributed by atoms with Crippen molar-refractivity contribution in [2.24, 2.45) is 5.10 Å². The highest BCUT2D eigenvalue weighted by molar-refractivity contribution is 9.10. The number of ether oxygens (including phenoxy) is 3. The Morgan fingerprint density at radius 1 is 1.03 bits per heavy atom. The average molecular weight is 518 g/mol. The molecule has 0 saturated carbocycles. The molecule has 9 heteroatoms. The molecule has 3 aromatic rings. The Morgan fingerprint density at radius 2 is 1.75 bits per heavy atom. The number of halogens is 2. The van der Waals surface area contributed by atoms with Crippen molar-refractivity contribution in [2.75, 3.05) is 13.7 Å². The second kappa shape index (κ2) is 11.3. The molecular weight excluding hydrogens is 500 g/mol. The van der Waals surface area contributed by atoms with Crippen LogP contribution in [0.1, 0.15) is 15.9 Å². The van der Waals surface area contributed by atoms with Crippen LogP contribution in [0.15, 0.2) is 76.3 Å². The van der Waals surface area contributed by atoms with Gasteiger partial charge in [-0.15, -0.1) is 0 Å². The van der Waals surface area contributed by atoms with E-state index < -0.39 is 11.9 Å². The first kappa shape index (κ1) is 23.3. The topological polar surface area (TPSA) is 86.2 Å². The van der Waals surface area contributed by atoms with Gasteiger partial charge in [-0.25, -0.2) is 10.2 Å². The molecule has 3 aromatic carbocycles. The third-order valence-corrected chi connectivity index (χ3v) is 4.84. The maximum Gasteiger partial charge on any atom is 0.343 e. The number of hydrogen-bond acceptors (Lipinski definition) is 6. The third-order valence-electron chi connectivity index (χ3n) is 4.06. The summed E-state index contributed by atoms with van der Waals surface area (Å²) in [5, 5.41) is 4.42. The fourth-order valence-corrected chi connectivity index (χ4v) is 2.87. The number of nitrogens with one attached hydrogen (secondary N) is 1. The number of rotatable bonds is 8.